The standard InChI is InChI=1S/C13H16N2O3/c1-10-8-12(2-3-13(10)15(17)18)14-6-4-11(9-16)5-7-14/h2-3,8-9,11H,4-7H2,1H3. The summed E-state index contributed by atoms with van der Waals surface area (Å²) in [5, 5.41) is 10.7. The Morgan fingerprint density at radius 1 is 1.39 bits per heavy atom. The van der Waals surface area contributed by atoms with Crippen LogP contribution in [-0.4, -0.2) is 24.3 Å². The molecule has 2 rings (SSSR count). The van der Waals surface area contributed by atoms with E-state index in [1.165, 1.54) is 0 Å². The van der Waals surface area contributed by atoms with Crippen molar-refractivity contribution in [2.45, 2.75) is 19.8 Å². The number of hydrogen-bond acceptors (Lipinski definition) is 4. The van der Waals surface area contributed by atoms with Crippen LogP contribution in [0.15, 0.2) is 18.2 Å². The van der Waals surface area contributed by atoms with E-state index in [-0.39, 0.29) is 16.5 Å². The first-order valence-corrected chi connectivity index (χ1v) is 6.07. The van der Waals surface area contributed by atoms with Gasteiger partial charge in [-0.25, -0.2) is 0 Å². The van der Waals surface area contributed by atoms with E-state index >= 15 is 0 Å². The summed E-state index contributed by atoms with van der Waals surface area (Å²) in [7, 11) is 0. The molecule has 0 saturated carbocycles. The van der Waals surface area contributed by atoms with Gasteiger partial charge >= 0.3 is 0 Å². The average molecular weight is 248 g/mol. The molecular formula is C13H16N2O3. The Kier molecular flexibility index (Phi) is 3.60. The molecule has 1 aromatic carbocycles. The van der Waals surface area contributed by atoms with Gasteiger partial charge in [0.15, 0.2) is 0 Å². The zero-order chi connectivity index (χ0) is 13.1. The smallest absolute Gasteiger partial charge is 0.272 e. The molecule has 5 nitrogen and oxygen atoms in total. The quantitative estimate of drug-likeness (QED) is 0.468. The first-order valence-electron chi connectivity index (χ1n) is 6.07. The molecule has 0 spiro atoms. The van der Waals surface area contributed by atoms with Gasteiger partial charge in [-0.1, -0.05) is 0 Å². The number of aryl methyl sites for hydroxylation is 1. The number of nitrogens with zero attached hydrogens (tertiary/aromatic N) is 2. The van der Waals surface area contributed by atoms with Crippen LogP contribution < -0.4 is 4.90 Å². The third-order valence-electron chi connectivity index (χ3n) is 3.47. The largest absolute Gasteiger partial charge is 0.371 e. The summed E-state index contributed by atoms with van der Waals surface area (Å²) < 4.78 is 0. The van der Waals surface area contributed by atoms with Crippen molar-refractivity contribution in [2.24, 2.45) is 5.92 Å². The molecule has 0 aliphatic carbocycles. The Bertz CT molecular complexity index is 465. The Hall–Kier alpha value is -1.91. The van der Waals surface area contributed by atoms with Crippen molar-refractivity contribution in [1.82, 2.24) is 0 Å². The number of aldehydes is 1. The van der Waals surface area contributed by atoms with E-state index in [2.05, 4.69) is 4.90 Å². The second kappa shape index (κ2) is 5.16. The van der Waals surface area contributed by atoms with Gasteiger partial charge in [0.25, 0.3) is 5.69 Å². The van der Waals surface area contributed by atoms with Crippen LogP contribution >= 0.6 is 0 Å². The van der Waals surface area contributed by atoms with Crippen LogP contribution in [0, 0.1) is 23.0 Å². The fraction of sp³-hybridized carbons (Fsp3) is 0.462. The van der Waals surface area contributed by atoms with Gasteiger partial charge in [0.05, 0.1) is 4.92 Å². The number of nitro groups is 1. The maximum Gasteiger partial charge on any atom is 0.272 e. The number of rotatable bonds is 3. The van der Waals surface area contributed by atoms with Crippen molar-refractivity contribution in [2.75, 3.05) is 18.0 Å². The first kappa shape index (κ1) is 12.5. The number of piperidine rings is 1. The molecule has 0 unspecified atom stereocenters. The zero-order valence-corrected chi connectivity index (χ0v) is 10.3. The fourth-order valence-electron chi connectivity index (χ4n) is 2.33. The Labute approximate surface area is 106 Å². The molecule has 0 radical (unpaired) electrons. The van der Waals surface area contributed by atoms with Crippen molar-refractivity contribution < 1.29 is 9.72 Å². The third kappa shape index (κ3) is 2.50. The highest BCUT2D eigenvalue weighted by Crippen LogP contribution is 2.27. The van der Waals surface area contributed by atoms with Crippen LogP contribution in [0.4, 0.5) is 11.4 Å². The molecule has 1 aromatic rings. The molecular weight excluding hydrogens is 232 g/mol. The summed E-state index contributed by atoms with van der Waals surface area (Å²) in [6, 6.07) is 5.18. The van der Waals surface area contributed by atoms with Crippen molar-refractivity contribution in [1.29, 1.82) is 0 Å². The molecule has 18 heavy (non-hydrogen) atoms. The number of carbonyl (C=O) groups is 1. The molecule has 0 amide bonds. The molecule has 96 valence electrons. The van der Waals surface area contributed by atoms with Crippen LogP contribution in [0.2, 0.25) is 0 Å². The van der Waals surface area contributed by atoms with Crippen LogP contribution in [0.25, 0.3) is 0 Å². The summed E-state index contributed by atoms with van der Waals surface area (Å²) in [5.74, 6) is 0.167. The maximum atomic E-state index is 10.7. The molecule has 0 bridgehead atoms. The summed E-state index contributed by atoms with van der Waals surface area (Å²) in [6.45, 7) is 3.42. The summed E-state index contributed by atoms with van der Waals surface area (Å²) in [6.07, 6.45) is 2.75. The minimum Gasteiger partial charge on any atom is -0.371 e. The Morgan fingerprint density at radius 2 is 2.06 bits per heavy atom. The minimum absolute atomic E-state index is 0.154. The van der Waals surface area contributed by atoms with Gasteiger partial charge in [-0.2, -0.15) is 0 Å². The molecule has 5 heteroatoms. The van der Waals surface area contributed by atoms with Crippen LogP contribution in [0.5, 0.6) is 0 Å². The zero-order valence-electron chi connectivity index (χ0n) is 10.3. The number of carbonyl (C=O) groups excluding carboxylic acids is 1. The number of nitro benzene ring substituents is 1. The van der Waals surface area contributed by atoms with E-state index < -0.39 is 0 Å². The van der Waals surface area contributed by atoms with Crippen LogP contribution in [0.1, 0.15) is 18.4 Å². The van der Waals surface area contributed by atoms with E-state index in [9.17, 15) is 14.9 Å². The van der Waals surface area contributed by atoms with E-state index in [0.29, 0.717) is 5.56 Å². The number of benzene rings is 1. The van der Waals surface area contributed by atoms with Gasteiger partial charge in [0.2, 0.25) is 0 Å². The molecule has 0 aromatic heterocycles. The van der Waals surface area contributed by atoms with Crippen molar-refractivity contribution in [3.05, 3.63) is 33.9 Å². The lowest BCUT2D eigenvalue weighted by Gasteiger charge is -2.31. The Balaban J connectivity index is 2.13. The molecule has 0 atom stereocenters. The monoisotopic (exact) mass is 248 g/mol. The lowest BCUT2D eigenvalue weighted by molar-refractivity contribution is -0.385. The van der Waals surface area contributed by atoms with Crippen molar-refractivity contribution in [3.8, 4) is 0 Å². The lowest BCUT2D eigenvalue weighted by Crippen LogP contribution is -2.34. The first-order chi connectivity index (χ1) is 8.61. The van der Waals surface area contributed by atoms with Gasteiger partial charge in [-0.15, -0.1) is 0 Å². The van der Waals surface area contributed by atoms with Crippen LogP contribution in [0.3, 0.4) is 0 Å². The molecule has 1 heterocycles. The van der Waals surface area contributed by atoms with E-state index in [0.717, 1.165) is 37.9 Å². The van der Waals surface area contributed by atoms with E-state index in [4.69, 9.17) is 0 Å². The predicted octanol–water partition coefficient (Wildman–Crippen LogP) is 2.32. The second-order valence-corrected chi connectivity index (χ2v) is 4.69. The molecule has 1 saturated heterocycles. The lowest BCUT2D eigenvalue weighted by atomic mass is 9.98. The normalized spacial score (nSPS) is 16.6. The molecule has 0 N–H and O–H groups in total. The maximum absolute atomic E-state index is 10.7. The molecule has 1 aliphatic heterocycles. The average Bonchev–Trinajstić information content (AvgIpc) is 2.38. The summed E-state index contributed by atoms with van der Waals surface area (Å²) >= 11 is 0. The second-order valence-electron chi connectivity index (χ2n) is 4.69. The topological polar surface area (TPSA) is 63.5 Å². The van der Waals surface area contributed by atoms with Gasteiger partial charge in [0, 0.05) is 36.3 Å². The van der Waals surface area contributed by atoms with E-state index in [1.54, 1.807) is 19.1 Å². The summed E-state index contributed by atoms with van der Waals surface area (Å²) in [5.41, 5.74) is 1.83. The fourth-order valence-corrected chi connectivity index (χ4v) is 2.33. The third-order valence-corrected chi connectivity index (χ3v) is 3.47. The van der Waals surface area contributed by atoms with Gasteiger partial charge < -0.3 is 9.69 Å². The highest BCUT2D eigenvalue weighted by Gasteiger charge is 2.20. The minimum atomic E-state index is -0.363. The molecule has 1 aliphatic rings. The molecule has 1 fully saturated rings. The Morgan fingerprint density at radius 3 is 2.56 bits per heavy atom. The van der Waals surface area contributed by atoms with Crippen molar-refractivity contribution in [3.63, 3.8) is 0 Å². The number of hydrogen-bond donors (Lipinski definition) is 0. The van der Waals surface area contributed by atoms with Gasteiger partial charge in [-0.05, 0) is 31.9 Å². The predicted molar refractivity (Wildman–Crippen MR) is 68.8 cm³/mol. The van der Waals surface area contributed by atoms with Crippen molar-refractivity contribution >= 4 is 17.7 Å². The SMILES string of the molecule is Cc1cc(N2CCC(C=O)CC2)ccc1[N+](=O)[O-]. The van der Waals surface area contributed by atoms with E-state index in [1.807, 2.05) is 6.07 Å². The van der Waals surface area contributed by atoms with Crippen LogP contribution in [-0.2, 0) is 4.79 Å². The summed E-state index contributed by atoms with van der Waals surface area (Å²) in [4.78, 5) is 23.2. The number of anilines is 1. The highest BCUT2D eigenvalue weighted by molar-refractivity contribution is 5.58. The highest BCUT2D eigenvalue weighted by atomic mass is 16.6. The van der Waals surface area contributed by atoms with Gasteiger partial charge in [0.1, 0.15) is 6.29 Å². The van der Waals surface area contributed by atoms with Gasteiger partial charge in [-0.3, -0.25) is 10.1 Å².